The zero-order valence-corrected chi connectivity index (χ0v) is 17.3. The molecule has 2 N–H and O–H groups in total. The first-order valence-electron chi connectivity index (χ1n) is 9.49. The van der Waals surface area contributed by atoms with Gasteiger partial charge in [-0.15, -0.1) is 24.8 Å². The summed E-state index contributed by atoms with van der Waals surface area (Å²) in [4.78, 5) is 14.5. The van der Waals surface area contributed by atoms with Crippen molar-refractivity contribution in [1.82, 2.24) is 15.5 Å². The molecule has 0 bridgehead atoms. The van der Waals surface area contributed by atoms with Crippen LogP contribution in [0, 0.1) is 5.92 Å². The largest absolute Gasteiger partial charge is 0.352 e. The zero-order valence-electron chi connectivity index (χ0n) is 15.7. The number of piperidine rings is 1. The van der Waals surface area contributed by atoms with Crippen LogP contribution in [0.15, 0.2) is 24.3 Å². The minimum Gasteiger partial charge on any atom is -0.352 e. The molecule has 1 aromatic rings. The molecule has 148 valence electrons. The SMILES string of the molecule is CC1CCCN(Cc2ccc(CNC(=O)CC3CCCN3)cc2)C1.Cl.Cl. The maximum Gasteiger partial charge on any atom is 0.221 e. The van der Waals surface area contributed by atoms with Crippen molar-refractivity contribution in [3.8, 4) is 0 Å². The van der Waals surface area contributed by atoms with Crippen LogP contribution in [-0.2, 0) is 17.9 Å². The molecule has 2 aliphatic rings. The summed E-state index contributed by atoms with van der Waals surface area (Å²) >= 11 is 0. The Morgan fingerprint density at radius 3 is 2.54 bits per heavy atom. The van der Waals surface area contributed by atoms with Gasteiger partial charge >= 0.3 is 0 Å². The van der Waals surface area contributed by atoms with Gasteiger partial charge in [-0.05, 0) is 55.8 Å². The number of halogens is 2. The monoisotopic (exact) mass is 401 g/mol. The van der Waals surface area contributed by atoms with Crippen molar-refractivity contribution in [2.45, 2.75) is 58.2 Å². The van der Waals surface area contributed by atoms with Gasteiger partial charge in [0.15, 0.2) is 0 Å². The van der Waals surface area contributed by atoms with Crippen LogP contribution in [0.25, 0.3) is 0 Å². The number of carbonyl (C=O) groups is 1. The van der Waals surface area contributed by atoms with Crippen LogP contribution in [0.1, 0.15) is 50.2 Å². The molecule has 1 aromatic carbocycles. The maximum atomic E-state index is 12.0. The van der Waals surface area contributed by atoms with Crippen molar-refractivity contribution in [3.05, 3.63) is 35.4 Å². The Balaban J connectivity index is 0.00000169. The van der Waals surface area contributed by atoms with Crippen LogP contribution < -0.4 is 10.6 Å². The number of hydrogen-bond donors (Lipinski definition) is 2. The molecule has 0 spiro atoms. The Bertz CT molecular complexity index is 532. The van der Waals surface area contributed by atoms with E-state index in [0.29, 0.717) is 19.0 Å². The quantitative estimate of drug-likeness (QED) is 0.765. The summed E-state index contributed by atoms with van der Waals surface area (Å²) in [7, 11) is 0. The molecule has 1 amide bonds. The van der Waals surface area contributed by atoms with E-state index in [-0.39, 0.29) is 30.7 Å². The Labute approximate surface area is 170 Å². The molecular weight excluding hydrogens is 369 g/mol. The highest BCUT2D eigenvalue weighted by Crippen LogP contribution is 2.18. The third kappa shape index (κ3) is 7.43. The lowest BCUT2D eigenvalue weighted by Crippen LogP contribution is -2.33. The van der Waals surface area contributed by atoms with Crippen molar-refractivity contribution in [2.75, 3.05) is 19.6 Å². The van der Waals surface area contributed by atoms with E-state index in [1.165, 1.54) is 43.5 Å². The number of carbonyl (C=O) groups excluding carboxylic acids is 1. The molecule has 2 aliphatic heterocycles. The van der Waals surface area contributed by atoms with E-state index in [2.05, 4.69) is 46.7 Å². The molecule has 4 nitrogen and oxygen atoms in total. The van der Waals surface area contributed by atoms with Gasteiger partial charge in [0.05, 0.1) is 0 Å². The highest BCUT2D eigenvalue weighted by molar-refractivity contribution is 5.85. The standard InChI is InChI=1S/C20H31N3O.2ClH/c1-16-4-3-11-23(14-16)15-18-8-6-17(7-9-18)13-22-20(24)12-19-5-2-10-21-19;;/h6-9,16,19,21H,2-5,10-15H2,1H3,(H,22,24);2*1H. The number of rotatable bonds is 6. The molecular formula is C20H33Cl2N3O. The number of amides is 1. The van der Waals surface area contributed by atoms with Crippen LogP contribution in [0.3, 0.4) is 0 Å². The Morgan fingerprint density at radius 2 is 1.88 bits per heavy atom. The third-order valence-electron chi connectivity index (χ3n) is 5.25. The molecule has 2 atom stereocenters. The van der Waals surface area contributed by atoms with E-state index in [0.717, 1.165) is 25.4 Å². The van der Waals surface area contributed by atoms with E-state index in [1.807, 2.05) is 0 Å². The number of hydrogen-bond acceptors (Lipinski definition) is 3. The fourth-order valence-corrected chi connectivity index (χ4v) is 3.88. The van der Waals surface area contributed by atoms with Gasteiger partial charge in [-0.1, -0.05) is 31.2 Å². The lowest BCUT2D eigenvalue weighted by Gasteiger charge is -2.30. The summed E-state index contributed by atoms with van der Waals surface area (Å²) in [5.41, 5.74) is 2.55. The van der Waals surface area contributed by atoms with Crippen LogP contribution in [0.4, 0.5) is 0 Å². The predicted octanol–water partition coefficient (Wildman–Crippen LogP) is 3.52. The highest BCUT2D eigenvalue weighted by Gasteiger charge is 2.18. The second-order valence-electron chi connectivity index (χ2n) is 7.57. The van der Waals surface area contributed by atoms with Gasteiger partial charge < -0.3 is 10.6 Å². The van der Waals surface area contributed by atoms with Crippen LogP contribution in [0.5, 0.6) is 0 Å². The zero-order chi connectivity index (χ0) is 16.8. The lowest BCUT2D eigenvalue weighted by atomic mass is 9.99. The molecule has 3 rings (SSSR count). The number of nitrogens with zero attached hydrogens (tertiary/aromatic N) is 1. The van der Waals surface area contributed by atoms with Gasteiger partial charge in [0.1, 0.15) is 0 Å². The van der Waals surface area contributed by atoms with E-state index in [1.54, 1.807) is 0 Å². The average Bonchev–Trinajstić information content (AvgIpc) is 3.07. The van der Waals surface area contributed by atoms with Gasteiger partial charge in [0.25, 0.3) is 0 Å². The summed E-state index contributed by atoms with van der Waals surface area (Å²) in [5.74, 6) is 0.975. The van der Waals surface area contributed by atoms with Crippen molar-refractivity contribution in [3.63, 3.8) is 0 Å². The molecule has 2 fully saturated rings. The van der Waals surface area contributed by atoms with Crippen LogP contribution in [-0.4, -0.2) is 36.5 Å². The molecule has 0 aromatic heterocycles. The number of nitrogens with one attached hydrogen (secondary N) is 2. The first-order valence-corrected chi connectivity index (χ1v) is 9.49. The minimum atomic E-state index is 0. The fraction of sp³-hybridized carbons (Fsp3) is 0.650. The number of likely N-dealkylation sites (tertiary alicyclic amines) is 1. The van der Waals surface area contributed by atoms with Gasteiger partial charge in [-0.25, -0.2) is 0 Å². The first kappa shape index (κ1) is 23.2. The van der Waals surface area contributed by atoms with Crippen molar-refractivity contribution in [2.24, 2.45) is 5.92 Å². The molecule has 6 heteroatoms. The molecule has 2 heterocycles. The van der Waals surface area contributed by atoms with E-state index in [9.17, 15) is 4.79 Å². The summed E-state index contributed by atoms with van der Waals surface area (Å²) in [6.07, 6.45) is 5.60. The second-order valence-corrected chi connectivity index (χ2v) is 7.57. The molecule has 0 radical (unpaired) electrons. The van der Waals surface area contributed by atoms with Crippen LogP contribution >= 0.6 is 24.8 Å². The first-order chi connectivity index (χ1) is 11.7. The minimum absolute atomic E-state index is 0. The second kappa shape index (κ2) is 11.8. The van der Waals surface area contributed by atoms with Crippen LogP contribution in [0.2, 0.25) is 0 Å². The van der Waals surface area contributed by atoms with Gasteiger partial charge in [-0.2, -0.15) is 0 Å². The summed E-state index contributed by atoms with van der Waals surface area (Å²) in [6.45, 7) is 7.51. The van der Waals surface area contributed by atoms with E-state index >= 15 is 0 Å². The van der Waals surface area contributed by atoms with E-state index < -0.39 is 0 Å². The van der Waals surface area contributed by atoms with Crippen molar-refractivity contribution in [1.29, 1.82) is 0 Å². The fourth-order valence-electron chi connectivity index (χ4n) is 3.88. The molecule has 2 saturated heterocycles. The molecule has 0 aliphatic carbocycles. The Kier molecular flexibility index (Phi) is 10.6. The maximum absolute atomic E-state index is 12.0. The average molecular weight is 402 g/mol. The Morgan fingerprint density at radius 1 is 1.15 bits per heavy atom. The summed E-state index contributed by atoms with van der Waals surface area (Å²) in [6, 6.07) is 9.09. The van der Waals surface area contributed by atoms with Crippen molar-refractivity contribution >= 4 is 30.7 Å². The highest BCUT2D eigenvalue weighted by atomic mass is 35.5. The number of benzene rings is 1. The van der Waals surface area contributed by atoms with Gasteiger partial charge in [-0.3, -0.25) is 9.69 Å². The van der Waals surface area contributed by atoms with Crippen molar-refractivity contribution < 1.29 is 4.79 Å². The molecule has 0 saturated carbocycles. The molecule has 26 heavy (non-hydrogen) atoms. The van der Waals surface area contributed by atoms with E-state index in [4.69, 9.17) is 0 Å². The normalized spacial score (nSPS) is 23.0. The summed E-state index contributed by atoms with van der Waals surface area (Å²) in [5, 5.41) is 6.41. The Hall–Kier alpha value is -0.810. The van der Waals surface area contributed by atoms with Gasteiger partial charge in [0, 0.05) is 32.1 Å². The smallest absolute Gasteiger partial charge is 0.221 e. The predicted molar refractivity (Wildman–Crippen MR) is 112 cm³/mol. The lowest BCUT2D eigenvalue weighted by molar-refractivity contribution is -0.121. The summed E-state index contributed by atoms with van der Waals surface area (Å²) < 4.78 is 0. The van der Waals surface area contributed by atoms with Gasteiger partial charge in [0.2, 0.25) is 5.91 Å². The third-order valence-corrected chi connectivity index (χ3v) is 5.25. The topological polar surface area (TPSA) is 44.4 Å². The molecule has 2 unspecified atom stereocenters.